The molecule has 0 aliphatic carbocycles. The Balaban J connectivity index is 0.00000392. The lowest BCUT2D eigenvalue weighted by molar-refractivity contribution is -0.385. The normalized spacial score (nSPS) is 12.1. The minimum absolute atomic E-state index is 0.00947. The molecule has 0 fully saturated rings. The number of carbonyl (C=O) groups is 2. The zero-order chi connectivity index (χ0) is 35.9. The van der Waals surface area contributed by atoms with Crippen LogP contribution in [-0.2, 0) is 28.4 Å². The van der Waals surface area contributed by atoms with Crippen molar-refractivity contribution in [2.45, 2.75) is 58.8 Å². The molecule has 0 saturated heterocycles. The number of hydrogen-bond acceptors (Lipinski definition) is 13. The lowest BCUT2D eigenvalue weighted by Crippen LogP contribution is -2.53. The molecule has 3 aromatic rings. The van der Waals surface area contributed by atoms with Crippen LogP contribution in [0, 0.1) is 26.1 Å². The number of alkyl carbamates (subject to hydrolysis) is 1. The SMILES string of the molecule is CC(C)CN(C[C@@H](OC(=O)Oc1ccc([N+](=O)[O-])cc1)[C@H](Cc1ccccc1)NC(=O)OC(C)(C)C)Oc1ccc([N+](=O)[O-])cc1.O=S. The Labute approximate surface area is 282 Å². The van der Waals surface area contributed by atoms with Crippen LogP contribution in [0.25, 0.3) is 0 Å². The summed E-state index contributed by atoms with van der Waals surface area (Å²) >= 11 is 2.83. The molecule has 3 aromatic carbocycles. The molecule has 0 aliphatic heterocycles. The van der Waals surface area contributed by atoms with Gasteiger partial charge in [-0.3, -0.25) is 20.2 Å². The van der Waals surface area contributed by atoms with Crippen molar-refractivity contribution in [2.75, 3.05) is 13.1 Å². The first kappa shape index (κ1) is 39.0. The van der Waals surface area contributed by atoms with Crippen LogP contribution in [0.15, 0.2) is 78.9 Å². The summed E-state index contributed by atoms with van der Waals surface area (Å²) in [6.07, 6.45) is -2.72. The van der Waals surface area contributed by atoms with Gasteiger partial charge >= 0.3 is 12.2 Å². The fourth-order valence-electron chi connectivity index (χ4n) is 4.26. The molecule has 48 heavy (non-hydrogen) atoms. The monoisotopic (exact) mass is 686 g/mol. The first-order chi connectivity index (χ1) is 22.7. The number of nitrogens with one attached hydrogen (secondary N) is 1. The van der Waals surface area contributed by atoms with Crippen LogP contribution < -0.4 is 14.9 Å². The molecule has 1 N–H and O–H groups in total. The molecule has 0 spiro atoms. The van der Waals surface area contributed by atoms with Gasteiger partial charge in [0.1, 0.15) is 23.2 Å². The summed E-state index contributed by atoms with van der Waals surface area (Å²) in [5.41, 5.74) is -0.277. The van der Waals surface area contributed by atoms with Crippen LogP contribution in [0.1, 0.15) is 40.2 Å². The van der Waals surface area contributed by atoms with Gasteiger partial charge in [0, 0.05) is 30.8 Å². The lowest BCUT2D eigenvalue weighted by atomic mass is 10.0. The average Bonchev–Trinajstić information content (AvgIpc) is 3.01. The number of hydroxylamine groups is 2. The standard InChI is InChI=1S/C32H38N4O10.OS/c1-22(2)20-34(46-27-17-13-25(14-18-27)36(41)42)21-29(44-31(38)43-26-15-11-24(12-16-26)35(39)40)28(19-23-9-7-6-8-10-23)33-30(37)45-32(3,4)5;1-2/h6-18,22,28-29H,19-21H2,1-5H3,(H,33,37);/t28-,29+;/m0./s1. The molecule has 2 atom stereocenters. The number of ether oxygens (including phenoxy) is 3. The topological polar surface area (TPSA) is 190 Å². The third-order valence-electron chi connectivity index (χ3n) is 6.18. The number of nitro benzene ring substituents is 2. The molecule has 3 rings (SSSR count). The lowest BCUT2D eigenvalue weighted by Gasteiger charge is -2.33. The maximum Gasteiger partial charge on any atom is 0.514 e. The van der Waals surface area contributed by atoms with Crippen molar-refractivity contribution < 1.29 is 42.7 Å². The molecule has 0 bridgehead atoms. The molecule has 0 unspecified atom stereocenters. The van der Waals surface area contributed by atoms with Gasteiger partial charge in [0.25, 0.3) is 11.4 Å². The molecule has 16 heteroatoms. The highest BCUT2D eigenvalue weighted by molar-refractivity contribution is 7.44. The predicted octanol–water partition coefficient (Wildman–Crippen LogP) is 6.14. The van der Waals surface area contributed by atoms with Crippen molar-refractivity contribution in [3.8, 4) is 11.5 Å². The van der Waals surface area contributed by atoms with Crippen molar-refractivity contribution in [2.24, 2.45) is 5.92 Å². The number of carbonyl (C=O) groups excluding carboxylic acids is 2. The first-order valence-electron chi connectivity index (χ1n) is 14.7. The first-order valence-corrected chi connectivity index (χ1v) is 15.0. The van der Waals surface area contributed by atoms with Crippen molar-refractivity contribution >= 4 is 36.2 Å². The van der Waals surface area contributed by atoms with E-state index in [-0.39, 0.29) is 36.0 Å². The molecular formula is C32H38N4O11S. The molecule has 1 amide bonds. The molecule has 0 aromatic heterocycles. The van der Waals surface area contributed by atoms with E-state index in [1.54, 1.807) is 20.8 Å². The van der Waals surface area contributed by atoms with Crippen molar-refractivity contribution in [1.29, 1.82) is 0 Å². The quantitative estimate of drug-likeness (QED) is 0.0882. The Kier molecular flexibility index (Phi) is 15.3. The van der Waals surface area contributed by atoms with Crippen LogP contribution in [0.5, 0.6) is 11.5 Å². The van der Waals surface area contributed by atoms with E-state index < -0.39 is 39.8 Å². The van der Waals surface area contributed by atoms with Gasteiger partial charge in [-0.05, 0) is 62.9 Å². The Morgan fingerprint density at radius 2 is 1.35 bits per heavy atom. The Bertz CT molecular complexity index is 1480. The summed E-state index contributed by atoms with van der Waals surface area (Å²) in [6.45, 7) is 9.33. The number of nitrogens with zero attached hydrogens (tertiary/aromatic N) is 3. The van der Waals surface area contributed by atoms with Crippen LogP contribution in [0.3, 0.4) is 0 Å². The third kappa shape index (κ3) is 14.0. The molecule has 0 radical (unpaired) electrons. The second-order valence-electron chi connectivity index (χ2n) is 11.8. The number of non-ortho nitro benzene ring substituents is 2. The maximum absolute atomic E-state index is 13.1. The highest BCUT2D eigenvalue weighted by atomic mass is 32.1. The smallest absolute Gasteiger partial charge is 0.444 e. The van der Waals surface area contributed by atoms with Gasteiger partial charge in [-0.1, -0.05) is 44.2 Å². The van der Waals surface area contributed by atoms with Gasteiger partial charge in [-0.25, -0.2) is 9.59 Å². The second kappa shape index (κ2) is 18.8. The van der Waals surface area contributed by atoms with Gasteiger partial charge < -0.3 is 24.4 Å². The Morgan fingerprint density at radius 1 is 0.833 bits per heavy atom. The van der Waals surface area contributed by atoms with E-state index in [0.717, 1.165) is 5.56 Å². The minimum Gasteiger partial charge on any atom is -0.444 e. The van der Waals surface area contributed by atoms with E-state index in [1.165, 1.54) is 53.6 Å². The summed E-state index contributed by atoms with van der Waals surface area (Å²) in [4.78, 5) is 53.3. The molecule has 0 saturated carbocycles. The number of amides is 1. The second-order valence-corrected chi connectivity index (χ2v) is 11.8. The van der Waals surface area contributed by atoms with E-state index >= 15 is 0 Å². The molecule has 258 valence electrons. The predicted molar refractivity (Wildman–Crippen MR) is 176 cm³/mol. The highest BCUT2D eigenvalue weighted by Gasteiger charge is 2.33. The van der Waals surface area contributed by atoms with Crippen molar-refractivity contribution in [3.63, 3.8) is 0 Å². The maximum atomic E-state index is 13.1. The number of nitro groups is 2. The van der Waals surface area contributed by atoms with Gasteiger partial charge in [-0.15, -0.1) is 5.06 Å². The van der Waals surface area contributed by atoms with Crippen LogP contribution in [0.2, 0.25) is 0 Å². The zero-order valence-electron chi connectivity index (χ0n) is 27.1. The van der Waals surface area contributed by atoms with E-state index in [2.05, 4.69) is 17.9 Å². The highest BCUT2D eigenvalue weighted by Crippen LogP contribution is 2.22. The molecular weight excluding hydrogens is 648 g/mol. The van der Waals surface area contributed by atoms with Crippen LogP contribution in [0.4, 0.5) is 21.0 Å². The van der Waals surface area contributed by atoms with Crippen molar-refractivity contribution in [3.05, 3.63) is 105 Å². The molecule has 0 heterocycles. The number of rotatable bonds is 14. The van der Waals surface area contributed by atoms with Gasteiger partial charge in [0.15, 0.2) is 12.5 Å². The largest absolute Gasteiger partial charge is 0.514 e. The summed E-state index contributed by atoms with van der Waals surface area (Å²) in [6, 6.07) is 18.8. The Morgan fingerprint density at radius 3 is 1.83 bits per heavy atom. The number of benzene rings is 3. The molecule has 15 nitrogen and oxygen atoms in total. The Hall–Kier alpha value is -5.22. The van der Waals surface area contributed by atoms with E-state index in [0.29, 0.717) is 12.3 Å². The zero-order valence-corrected chi connectivity index (χ0v) is 27.9. The van der Waals surface area contributed by atoms with Crippen molar-refractivity contribution in [1.82, 2.24) is 10.4 Å². The van der Waals surface area contributed by atoms with Gasteiger partial charge in [0.05, 0.1) is 22.4 Å². The van der Waals surface area contributed by atoms with E-state index in [9.17, 15) is 29.8 Å². The average molecular weight is 687 g/mol. The third-order valence-corrected chi connectivity index (χ3v) is 6.18. The fourth-order valence-corrected chi connectivity index (χ4v) is 4.26. The van der Waals surface area contributed by atoms with Gasteiger partial charge in [0.2, 0.25) is 0 Å². The summed E-state index contributed by atoms with van der Waals surface area (Å²) in [7, 11) is 0. The van der Waals surface area contributed by atoms with Crippen LogP contribution >= 0.6 is 0 Å². The minimum atomic E-state index is -1.12. The summed E-state index contributed by atoms with van der Waals surface area (Å²) in [5, 5.41) is 26.5. The van der Waals surface area contributed by atoms with Gasteiger partial charge in [-0.2, -0.15) is 4.21 Å². The van der Waals surface area contributed by atoms with E-state index in [4.69, 9.17) is 23.3 Å². The fraction of sp³-hybridized carbons (Fsp3) is 0.375. The summed E-state index contributed by atoms with van der Waals surface area (Å²) < 4.78 is 24.5. The number of hydrogen-bond donors (Lipinski definition) is 1. The van der Waals surface area contributed by atoms with Crippen LogP contribution in [-0.4, -0.2) is 62.2 Å². The van der Waals surface area contributed by atoms with E-state index in [1.807, 2.05) is 44.2 Å². The molecule has 0 aliphatic rings. The summed E-state index contributed by atoms with van der Waals surface area (Å²) in [5.74, 6) is 0.380.